The number of pyridine rings is 1. The topological polar surface area (TPSA) is 91.6 Å². The van der Waals surface area contributed by atoms with Crippen LogP contribution in [0.15, 0.2) is 6.07 Å². The Hall–Kier alpha value is -2.10. The third-order valence-electron chi connectivity index (χ3n) is 1.74. The van der Waals surface area contributed by atoms with Crippen molar-refractivity contribution in [2.24, 2.45) is 0 Å². The summed E-state index contributed by atoms with van der Waals surface area (Å²) in [5, 5.41) is 9.36. The lowest BCUT2D eigenvalue weighted by atomic mass is 10.3. The molecule has 0 aromatic carbocycles. The van der Waals surface area contributed by atoms with Crippen molar-refractivity contribution in [2.45, 2.75) is 6.36 Å². The van der Waals surface area contributed by atoms with Gasteiger partial charge < -0.3 is 19.6 Å². The van der Waals surface area contributed by atoms with Gasteiger partial charge in [0.25, 0.3) is 10.9 Å². The Morgan fingerprint density at radius 1 is 1.47 bits per heavy atom. The Morgan fingerprint density at radius 3 is 2.42 bits per heavy atom. The van der Waals surface area contributed by atoms with Crippen molar-refractivity contribution in [3.8, 4) is 11.5 Å². The minimum absolute atomic E-state index is 0.482. The largest absolute Gasteiger partial charge is 0.573 e. The van der Waals surface area contributed by atoms with Crippen molar-refractivity contribution in [3.05, 3.63) is 21.9 Å². The molecule has 0 bridgehead atoms. The molecule has 0 aliphatic carbocycles. The minimum Gasteiger partial charge on any atom is -0.492 e. The van der Waals surface area contributed by atoms with Crippen LogP contribution in [0.4, 0.5) is 19.0 Å². The summed E-state index contributed by atoms with van der Waals surface area (Å²) in [4.78, 5) is 23.4. The van der Waals surface area contributed by atoms with E-state index in [0.29, 0.717) is 6.07 Å². The summed E-state index contributed by atoms with van der Waals surface area (Å²) in [5.74, 6) is -3.00. The van der Waals surface area contributed by atoms with Crippen LogP contribution in [0.25, 0.3) is 0 Å². The molecule has 11 heteroatoms. The standard InChI is InChI=1S/C8H4ClF3N2O5/c1-18-3-2-4(19-8(10,11)12)7(14(16)17)13-5(3)6(9)15/h2H,1H3. The second kappa shape index (κ2) is 5.26. The zero-order chi connectivity index (χ0) is 14.8. The molecule has 0 aliphatic heterocycles. The van der Waals surface area contributed by atoms with E-state index in [2.05, 4.69) is 14.5 Å². The van der Waals surface area contributed by atoms with Crippen molar-refractivity contribution >= 4 is 22.7 Å². The average molecular weight is 301 g/mol. The number of nitro groups is 1. The Bertz CT molecular complexity index is 534. The van der Waals surface area contributed by atoms with Crippen molar-refractivity contribution in [2.75, 3.05) is 7.11 Å². The van der Waals surface area contributed by atoms with E-state index in [0.717, 1.165) is 7.11 Å². The third kappa shape index (κ3) is 3.68. The molecule has 0 radical (unpaired) electrons. The number of aromatic nitrogens is 1. The van der Waals surface area contributed by atoms with E-state index in [9.17, 15) is 28.1 Å². The summed E-state index contributed by atoms with van der Waals surface area (Å²) in [6, 6.07) is 0.508. The molecule has 19 heavy (non-hydrogen) atoms. The molecule has 7 nitrogen and oxygen atoms in total. The van der Waals surface area contributed by atoms with Gasteiger partial charge in [-0.05, 0) is 21.5 Å². The molecule has 0 spiro atoms. The Kier molecular flexibility index (Phi) is 4.14. The lowest BCUT2D eigenvalue weighted by molar-refractivity contribution is -0.393. The molecule has 1 rings (SSSR count). The van der Waals surface area contributed by atoms with Crippen LogP contribution in [0.3, 0.4) is 0 Å². The molecule has 0 fully saturated rings. The highest BCUT2D eigenvalue weighted by Gasteiger charge is 2.37. The molecule has 0 saturated carbocycles. The molecule has 0 unspecified atom stereocenters. The maximum Gasteiger partial charge on any atom is 0.573 e. The van der Waals surface area contributed by atoms with E-state index < -0.39 is 39.5 Å². The first-order valence-electron chi connectivity index (χ1n) is 4.34. The Labute approximate surface area is 108 Å². The van der Waals surface area contributed by atoms with Gasteiger partial charge in [0, 0.05) is 6.07 Å². The van der Waals surface area contributed by atoms with Gasteiger partial charge in [-0.15, -0.1) is 13.2 Å². The summed E-state index contributed by atoms with van der Waals surface area (Å²) in [6.45, 7) is 0. The van der Waals surface area contributed by atoms with Crippen molar-refractivity contribution in [1.82, 2.24) is 4.98 Å². The summed E-state index contributed by atoms with van der Waals surface area (Å²) in [6.07, 6.45) is -5.16. The SMILES string of the molecule is COc1cc(OC(F)(F)F)c([N+](=O)[O-])nc1C(=O)Cl. The van der Waals surface area contributed by atoms with Gasteiger partial charge in [-0.25, -0.2) is 0 Å². The molecule has 0 amide bonds. The monoisotopic (exact) mass is 300 g/mol. The number of carbonyl (C=O) groups excluding carboxylic acids is 1. The normalized spacial score (nSPS) is 11.0. The van der Waals surface area contributed by atoms with Gasteiger partial charge in [-0.3, -0.25) is 4.79 Å². The number of methoxy groups -OCH3 is 1. The first-order chi connectivity index (χ1) is 8.65. The first-order valence-corrected chi connectivity index (χ1v) is 4.72. The summed E-state index contributed by atoms with van der Waals surface area (Å²) < 4.78 is 44.2. The fourth-order valence-corrected chi connectivity index (χ4v) is 1.23. The van der Waals surface area contributed by atoms with E-state index in [1.54, 1.807) is 0 Å². The van der Waals surface area contributed by atoms with Crippen LogP contribution in [0.1, 0.15) is 10.5 Å². The molecule has 1 aromatic rings. The van der Waals surface area contributed by atoms with Crippen LogP contribution in [0.2, 0.25) is 0 Å². The smallest absolute Gasteiger partial charge is 0.492 e. The minimum atomic E-state index is -5.16. The highest BCUT2D eigenvalue weighted by molar-refractivity contribution is 6.67. The lowest BCUT2D eigenvalue weighted by Crippen LogP contribution is -2.19. The maximum atomic E-state index is 12.1. The van der Waals surface area contributed by atoms with Gasteiger partial charge in [0.2, 0.25) is 5.75 Å². The van der Waals surface area contributed by atoms with Crippen molar-refractivity contribution in [3.63, 3.8) is 0 Å². The zero-order valence-electron chi connectivity index (χ0n) is 9.02. The second-order valence-electron chi connectivity index (χ2n) is 2.94. The zero-order valence-corrected chi connectivity index (χ0v) is 9.78. The van der Waals surface area contributed by atoms with E-state index in [1.807, 2.05) is 0 Å². The predicted molar refractivity (Wildman–Crippen MR) is 54.3 cm³/mol. The van der Waals surface area contributed by atoms with Crippen molar-refractivity contribution in [1.29, 1.82) is 0 Å². The van der Waals surface area contributed by atoms with Crippen LogP contribution in [-0.2, 0) is 0 Å². The van der Waals surface area contributed by atoms with Crippen LogP contribution >= 0.6 is 11.6 Å². The van der Waals surface area contributed by atoms with E-state index in [-0.39, 0.29) is 0 Å². The second-order valence-corrected chi connectivity index (χ2v) is 3.28. The molecule has 1 aromatic heterocycles. The molecule has 1 heterocycles. The van der Waals surface area contributed by atoms with Crippen LogP contribution in [0, 0.1) is 10.1 Å². The number of rotatable bonds is 4. The molecule has 0 aliphatic rings. The number of hydrogen-bond acceptors (Lipinski definition) is 6. The lowest BCUT2D eigenvalue weighted by Gasteiger charge is -2.10. The molecular weight excluding hydrogens is 297 g/mol. The molecule has 0 saturated heterocycles. The van der Waals surface area contributed by atoms with E-state index in [4.69, 9.17) is 11.6 Å². The first kappa shape index (κ1) is 15.0. The molecule has 0 atom stereocenters. The summed E-state index contributed by atoms with van der Waals surface area (Å²) in [5.41, 5.74) is -0.689. The number of halogens is 4. The van der Waals surface area contributed by atoms with Crippen LogP contribution in [-0.4, -0.2) is 28.6 Å². The van der Waals surface area contributed by atoms with Gasteiger partial charge in [0.1, 0.15) is 0 Å². The van der Waals surface area contributed by atoms with Gasteiger partial charge in [-0.2, -0.15) is 0 Å². The average Bonchev–Trinajstić information content (AvgIpc) is 2.25. The van der Waals surface area contributed by atoms with Gasteiger partial charge in [-0.1, -0.05) is 0 Å². The molecule has 0 N–H and O–H groups in total. The van der Waals surface area contributed by atoms with Crippen LogP contribution in [0.5, 0.6) is 11.5 Å². The highest BCUT2D eigenvalue weighted by Crippen LogP contribution is 2.35. The number of alkyl halides is 3. The molecular formula is C8H4ClF3N2O5. The van der Waals surface area contributed by atoms with Gasteiger partial charge in [0.15, 0.2) is 5.75 Å². The predicted octanol–water partition coefficient (Wildman–Crippen LogP) is 2.28. The quantitative estimate of drug-likeness (QED) is 0.481. The highest BCUT2D eigenvalue weighted by atomic mass is 35.5. The summed E-state index contributed by atoms with van der Waals surface area (Å²) >= 11 is 5.08. The fraction of sp³-hybridized carbons (Fsp3) is 0.250. The maximum absolute atomic E-state index is 12.1. The van der Waals surface area contributed by atoms with Crippen LogP contribution < -0.4 is 9.47 Å². The number of carbonyl (C=O) groups is 1. The van der Waals surface area contributed by atoms with E-state index >= 15 is 0 Å². The number of ether oxygens (including phenoxy) is 2. The summed E-state index contributed by atoms with van der Waals surface area (Å²) in [7, 11) is 1.02. The Morgan fingerprint density at radius 2 is 2.05 bits per heavy atom. The third-order valence-corrected chi connectivity index (χ3v) is 1.92. The van der Waals surface area contributed by atoms with Gasteiger partial charge >= 0.3 is 12.2 Å². The number of nitrogens with zero attached hydrogens (tertiary/aromatic N) is 2. The van der Waals surface area contributed by atoms with Crippen molar-refractivity contribution < 1.29 is 32.4 Å². The van der Waals surface area contributed by atoms with E-state index in [1.165, 1.54) is 0 Å². The Balaban J connectivity index is 3.45. The fourth-order valence-electron chi connectivity index (χ4n) is 1.10. The van der Waals surface area contributed by atoms with Gasteiger partial charge in [0.05, 0.1) is 7.11 Å². The molecule has 104 valence electrons. The number of hydrogen-bond donors (Lipinski definition) is 0.